The number of carbonyl (C=O) groups is 1. The Bertz CT molecular complexity index is 604. The van der Waals surface area contributed by atoms with Gasteiger partial charge in [0.05, 0.1) is 33.4 Å². The average Bonchev–Trinajstić information content (AvgIpc) is 2.75. The van der Waals surface area contributed by atoms with Crippen LogP contribution >= 0.6 is 11.8 Å². The number of nitrogens with zero attached hydrogens (tertiary/aromatic N) is 1. The molecule has 0 aliphatic carbocycles. The standard InChI is InChI=1S/C28H59N2O3S2/c1-6-7-8-9-10-11-12-13-14-15-16-17-18-19-22-34-26-28(24-27(2)31)25-29-35(32,33)23-20-21-30(3,4)5/h28-29H,6-26H2,1-5H3/q+1. The molecule has 0 aliphatic heterocycles. The van der Waals surface area contributed by atoms with E-state index in [2.05, 4.69) is 32.8 Å². The molecule has 1 atom stereocenters. The van der Waals surface area contributed by atoms with Crippen molar-refractivity contribution in [2.45, 2.75) is 117 Å². The number of rotatable bonds is 26. The molecule has 7 heteroatoms. The number of hydrogen-bond acceptors (Lipinski definition) is 4. The van der Waals surface area contributed by atoms with Gasteiger partial charge in [-0.15, -0.1) is 0 Å². The molecule has 210 valence electrons. The SMILES string of the molecule is CCCCCCCCCCCCCCCCSCC(CNS(=O)(=O)CCC[N+](C)(C)C)CC(C)=O. The first kappa shape index (κ1) is 34.9. The van der Waals surface area contributed by atoms with Crippen molar-refractivity contribution in [1.29, 1.82) is 0 Å². The van der Waals surface area contributed by atoms with Crippen LogP contribution in [0.3, 0.4) is 0 Å². The molecule has 0 radical (unpaired) electrons. The predicted molar refractivity (Wildman–Crippen MR) is 156 cm³/mol. The molecule has 0 fully saturated rings. The Morgan fingerprint density at radius 3 is 1.74 bits per heavy atom. The van der Waals surface area contributed by atoms with E-state index in [1.54, 1.807) is 6.92 Å². The first-order chi connectivity index (χ1) is 16.6. The van der Waals surface area contributed by atoms with Crippen LogP contribution in [-0.4, -0.2) is 70.2 Å². The summed E-state index contributed by atoms with van der Waals surface area (Å²) in [6.45, 7) is 5.07. The third-order valence-corrected chi connectivity index (χ3v) is 9.12. The molecule has 0 saturated carbocycles. The molecule has 0 rings (SSSR count). The van der Waals surface area contributed by atoms with Crippen LogP contribution in [0.1, 0.15) is 117 Å². The van der Waals surface area contributed by atoms with Gasteiger partial charge in [-0.3, -0.25) is 0 Å². The van der Waals surface area contributed by atoms with Crippen molar-refractivity contribution in [3.8, 4) is 0 Å². The Morgan fingerprint density at radius 1 is 0.800 bits per heavy atom. The maximum Gasteiger partial charge on any atom is 0.211 e. The molecule has 1 N–H and O–H groups in total. The highest BCUT2D eigenvalue weighted by Crippen LogP contribution is 2.17. The van der Waals surface area contributed by atoms with Gasteiger partial charge < -0.3 is 9.28 Å². The number of quaternary nitrogens is 1. The van der Waals surface area contributed by atoms with Gasteiger partial charge in [0.25, 0.3) is 0 Å². The van der Waals surface area contributed by atoms with Crippen molar-refractivity contribution in [3.63, 3.8) is 0 Å². The number of carbonyl (C=O) groups excluding carboxylic acids is 1. The lowest BCUT2D eigenvalue weighted by molar-refractivity contribution is -0.870. The van der Waals surface area contributed by atoms with E-state index in [1.165, 1.54) is 89.9 Å². The summed E-state index contributed by atoms with van der Waals surface area (Å²) in [6.07, 6.45) is 20.3. The van der Waals surface area contributed by atoms with E-state index < -0.39 is 10.0 Å². The highest BCUT2D eigenvalue weighted by atomic mass is 32.2. The van der Waals surface area contributed by atoms with Crippen molar-refractivity contribution in [2.24, 2.45) is 5.92 Å². The van der Waals surface area contributed by atoms with E-state index >= 15 is 0 Å². The van der Waals surface area contributed by atoms with E-state index in [0.717, 1.165) is 22.5 Å². The molecule has 0 aromatic carbocycles. The van der Waals surface area contributed by atoms with Crippen LogP contribution in [-0.2, 0) is 14.8 Å². The molecular formula is C28H59N2O3S2+. The van der Waals surface area contributed by atoms with Crippen LogP contribution in [0, 0.1) is 5.92 Å². The van der Waals surface area contributed by atoms with Crippen molar-refractivity contribution >= 4 is 27.6 Å². The summed E-state index contributed by atoms with van der Waals surface area (Å²) in [7, 11) is 2.93. The summed E-state index contributed by atoms with van der Waals surface area (Å²) in [6, 6.07) is 0. The lowest BCUT2D eigenvalue weighted by Gasteiger charge is -2.23. The molecule has 0 aliphatic rings. The van der Waals surface area contributed by atoms with E-state index in [1.807, 2.05) is 11.8 Å². The lowest BCUT2D eigenvalue weighted by Crippen LogP contribution is -2.38. The fourth-order valence-corrected chi connectivity index (χ4v) is 6.58. The zero-order valence-corrected chi connectivity index (χ0v) is 25.5. The molecule has 0 bridgehead atoms. The Balaban J connectivity index is 3.78. The van der Waals surface area contributed by atoms with Crippen molar-refractivity contribution in [3.05, 3.63) is 0 Å². The van der Waals surface area contributed by atoms with Gasteiger partial charge in [-0.1, -0.05) is 90.4 Å². The number of thioether (sulfide) groups is 1. The number of sulfonamides is 1. The van der Waals surface area contributed by atoms with Gasteiger partial charge in [0, 0.05) is 19.4 Å². The average molecular weight is 536 g/mol. The molecular weight excluding hydrogens is 476 g/mol. The van der Waals surface area contributed by atoms with Crippen LogP contribution in [0.25, 0.3) is 0 Å². The van der Waals surface area contributed by atoms with Gasteiger partial charge in [0.15, 0.2) is 0 Å². The summed E-state index contributed by atoms with van der Waals surface area (Å²) in [5, 5.41) is 0. The zero-order chi connectivity index (χ0) is 26.4. The largest absolute Gasteiger partial charge is 0.331 e. The maximum absolute atomic E-state index is 12.3. The summed E-state index contributed by atoms with van der Waals surface area (Å²) in [5.41, 5.74) is 0. The lowest BCUT2D eigenvalue weighted by atomic mass is 10.0. The summed E-state index contributed by atoms with van der Waals surface area (Å²) >= 11 is 1.87. The van der Waals surface area contributed by atoms with Crippen molar-refractivity contribution in [1.82, 2.24) is 4.72 Å². The van der Waals surface area contributed by atoms with Gasteiger partial charge in [-0.2, -0.15) is 11.8 Å². The van der Waals surface area contributed by atoms with Gasteiger partial charge >= 0.3 is 0 Å². The summed E-state index contributed by atoms with van der Waals surface area (Å²) in [4.78, 5) is 11.6. The molecule has 0 aromatic heterocycles. The minimum atomic E-state index is -3.28. The van der Waals surface area contributed by atoms with E-state index in [0.29, 0.717) is 19.4 Å². The minimum Gasteiger partial charge on any atom is -0.331 e. The van der Waals surface area contributed by atoms with Gasteiger partial charge in [0.2, 0.25) is 10.0 Å². The monoisotopic (exact) mass is 535 g/mol. The Morgan fingerprint density at radius 2 is 1.29 bits per heavy atom. The normalized spacial score (nSPS) is 13.3. The highest BCUT2D eigenvalue weighted by Gasteiger charge is 2.18. The van der Waals surface area contributed by atoms with Gasteiger partial charge in [-0.05, 0) is 30.8 Å². The van der Waals surface area contributed by atoms with Crippen molar-refractivity contribution < 1.29 is 17.7 Å². The minimum absolute atomic E-state index is 0.0808. The second-order valence-electron chi connectivity index (χ2n) is 11.5. The van der Waals surface area contributed by atoms with E-state index in [4.69, 9.17) is 0 Å². The predicted octanol–water partition coefficient (Wildman–Crippen LogP) is 6.81. The first-order valence-electron chi connectivity index (χ1n) is 14.4. The fraction of sp³-hybridized carbons (Fsp3) is 0.964. The number of unbranched alkanes of at least 4 members (excludes halogenated alkanes) is 13. The first-order valence-corrected chi connectivity index (χ1v) is 17.2. The van der Waals surface area contributed by atoms with Crippen LogP contribution in [0.2, 0.25) is 0 Å². The molecule has 5 nitrogen and oxygen atoms in total. The third-order valence-electron chi connectivity index (χ3n) is 6.41. The second kappa shape index (κ2) is 21.9. The van der Waals surface area contributed by atoms with Crippen molar-refractivity contribution in [2.75, 3.05) is 51.5 Å². The van der Waals surface area contributed by atoms with E-state index in [-0.39, 0.29) is 17.5 Å². The molecule has 0 saturated heterocycles. The van der Waals surface area contributed by atoms with Gasteiger partial charge in [-0.25, -0.2) is 13.1 Å². The van der Waals surface area contributed by atoms with Crippen LogP contribution in [0.15, 0.2) is 0 Å². The van der Waals surface area contributed by atoms with Crippen LogP contribution in [0.4, 0.5) is 0 Å². The summed E-state index contributed by atoms with van der Waals surface area (Å²) < 4.78 is 28.2. The Hall–Kier alpha value is -0.110. The summed E-state index contributed by atoms with van der Waals surface area (Å²) in [5.74, 6) is 2.32. The van der Waals surface area contributed by atoms with Crippen LogP contribution < -0.4 is 4.72 Å². The van der Waals surface area contributed by atoms with Gasteiger partial charge in [0.1, 0.15) is 5.78 Å². The molecule has 0 aromatic rings. The highest BCUT2D eigenvalue weighted by molar-refractivity contribution is 7.99. The number of hydrogen-bond donors (Lipinski definition) is 1. The van der Waals surface area contributed by atoms with Crippen LogP contribution in [0.5, 0.6) is 0 Å². The third kappa shape index (κ3) is 26.8. The second-order valence-corrected chi connectivity index (χ2v) is 14.6. The smallest absolute Gasteiger partial charge is 0.211 e. The molecule has 0 amide bonds. The number of ketones is 1. The zero-order valence-electron chi connectivity index (χ0n) is 23.9. The molecule has 0 spiro atoms. The fourth-order valence-electron chi connectivity index (χ4n) is 4.29. The Labute approximate surface area is 223 Å². The molecule has 0 heterocycles. The Kier molecular flexibility index (Phi) is 21.9. The topological polar surface area (TPSA) is 63.2 Å². The molecule has 1 unspecified atom stereocenters. The quantitative estimate of drug-likeness (QED) is 0.0976. The number of nitrogens with one attached hydrogen (secondary N) is 1. The maximum atomic E-state index is 12.3. The number of Topliss-reactive ketones (excluding diaryl/α,β-unsaturated/α-hetero) is 1. The van der Waals surface area contributed by atoms with E-state index in [9.17, 15) is 13.2 Å². The molecule has 35 heavy (non-hydrogen) atoms.